The van der Waals surface area contributed by atoms with Gasteiger partial charge in [-0.25, -0.2) is 0 Å². The van der Waals surface area contributed by atoms with Crippen LogP contribution in [0.5, 0.6) is 11.5 Å². The van der Waals surface area contributed by atoms with Crippen LogP contribution in [0, 0.1) is 11.8 Å². The third-order valence-electron chi connectivity index (χ3n) is 10.2. The molecule has 2 aromatic carbocycles. The molecule has 1 aliphatic rings. The second-order valence-electron chi connectivity index (χ2n) is 14.0. The van der Waals surface area contributed by atoms with Crippen molar-refractivity contribution in [3.8, 4) is 11.5 Å². The van der Waals surface area contributed by atoms with Crippen molar-refractivity contribution in [2.75, 3.05) is 0 Å². The summed E-state index contributed by atoms with van der Waals surface area (Å²) >= 11 is -2.85. The predicted molar refractivity (Wildman–Crippen MR) is 175 cm³/mol. The number of hydrogen-bond donors (Lipinski definition) is 0. The second kappa shape index (κ2) is 14.8. The number of aromatic nitrogens is 1. The van der Waals surface area contributed by atoms with Crippen molar-refractivity contribution in [2.24, 2.45) is 11.8 Å². The van der Waals surface area contributed by atoms with E-state index < -0.39 is 18.4 Å². The first-order valence-corrected chi connectivity index (χ1v) is 22.3. The van der Waals surface area contributed by atoms with Crippen molar-refractivity contribution in [3.63, 3.8) is 0 Å². The van der Waals surface area contributed by atoms with E-state index >= 15 is 0 Å². The number of carbonyl (C=O) groups excluding carboxylic acids is 1. The molecule has 1 aromatic heterocycles. The summed E-state index contributed by atoms with van der Waals surface area (Å²) in [6.07, 6.45) is 6.68. The molecule has 0 N–H and O–H groups in total. The fraction of sp³-hybridized carbons (Fsp3) is 0.514. The van der Waals surface area contributed by atoms with Gasteiger partial charge in [-0.15, -0.1) is 0 Å². The van der Waals surface area contributed by atoms with Gasteiger partial charge in [-0.2, -0.15) is 0 Å². The van der Waals surface area contributed by atoms with Crippen LogP contribution in [-0.2, 0) is 10.2 Å². The SMILES string of the molecule is C[CH](C)[Sn]([c]1ccc[n+](C(=O)O[C@@H]2C[C@H](C)CC[C@H]2C(C)(C)c2ccc(Oc3ccccc3)cc2)c1)([CH](C)C)[CH](C)C.[Cl-]. The number of nitrogens with zero attached hydrogens (tertiary/aromatic N) is 1. The van der Waals surface area contributed by atoms with Crippen LogP contribution in [0.3, 0.4) is 0 Å². The Balaban J connectivity index is 0.00000506. The Kier molecular flexibility index (Phi) is 12.2. The molecule has 0 spiro atoms. The van der Waals surface area contributed by atoms with Crippen LogP contribution in [0.2, 0.25) is 11.8 Å². The fourth-order valence-corrected chi connectivity index (χ4v) is 27.4. The summed E-state index contributed by atoms with van der Waals surface area (Å²) in [7, 11) is 0. The van der Waals surface area contributed by atoms with E-state index in [0.717, 1.165) is 30.8 Å². The first-order valence-electron chi connectivity index (χ1n) is 15.9. The molecule has 3 aromatic rings. The largest absolute Gasteiger partial charge is 1.00 e. The molecule has 234 valence electrons. The number of benzene rings is 2. The minimum absolute atomic E-state index is 0. The van der Waals surface area contributed by atoms with Gasteiger partial charge in [0.1, 0.15) is 5.75 Å². The van der Waals surface area contributed by atoms with Crippen molar-refractivity contribution >= 4 is 28.0 Å². The molecule has 6 heteroatoms. The molecule has 1 fully saturated rings. The van der Waals surface area contributed by atoms with Gasteiger partial charge in [0.05, 0.1) is 0 Å². The fourth-order valence-electron chi connectivity index (χ4n) is 8.11. The maximum absolute atomic E-state index is 13.8. The molecule has 0 bridgehead atoms. The van der Waals surface area contributed by atoms with Gasteiger partial charge in [-0.05, 0) is 12.1 Å². The van der Waals surface area contributed by atoms with Gasteiger partial charge in [0, 0.05) is 0 Å². The van der Waals surface area contributed by atoms with Crippen LogP contribution < -0.4 is 25.3 Å². The van der Waals surface area contributed by atoms with Crippen LogP contribution in [0.1, 0.15) is 87.1 Å². The first kappa shape index (κ1) is 35.4. The van der Waals surface area contributed by atoms with Gasteiger partial charge in [-0.1, -0.05) is 18.2 Å². The average molecular weight is 713 g/mol. The van der Waals surface area contributed by atoms with Crippen molar-refractivity contribution < 1.29 is 31.2 Å². The Labute approximate surface area is 270 Å². The average Bonchev–Trinajstić information content (AvgIpc) is 2.94. The van der Waals surface area contributed by atoms with Gasteiger partial charge in [0.2, 0.25) is 0 Å². The van der Waals surface area contributed by atoms with E-state index in [2.05, 4.69) is 92.8 Å². The monoisotopic (exact) mass is 713 g/mol. The Bertz CT molecular complexity index is 1300. The van der Waals surface area contributed by atoms with Crippen molar-refractivity contribution in [1.29, 1.82) is 0 Å². The van der Waals surface area contributed by atoms with E-state index in [0.29, 0.717) is 17.7 Å². The normalized spacial score (nSPS) is 19.3. The summed E-state index contributed by atoms with van der Waals surface area (Å²) in [5, 5.41) is 0. The van der Waals surface area contributed by atoms with Crippen LogP contribution in [0.15, 0.2) is 79.1 Å². The molecule has 4 nitrogen and oxygen atoms in total. The minimum atomic E-state index is -2.85. The van der Waals surface area contributed by atoms with Crippen molar-refractivity contribution in [1.82, 2.24) is 0 Å². The molecule has 0 unspecified atom stereocenters. The van der Waals surface area contributed by atoms with Gasteiger partial charge in [-0.3, -0.25) is 0 Å². The summed E-state index contributed by atoms with van der Waals surface area (Å²) in [6.45, 7) is 21.2. The van der Waals surface area contributed by atoms with Gasteiger partial charge >= 0.3 is 219 Å². The molecule has 3 atom stereocenters. The summed E-state index contributed by atoms with van der Waals surface area (Å²) in [5.41, 5.74) is 1.07. The van der Waals surface area contributed by atoms with Gasteiger partial charge in [0.15, 0.2) is 0 Å². The third kappa shape index (κ3) is 7.61. The number of ether oxygens (including phenoxy) is 2. The van der Waals surface area contributed by atoms with Crippen molar-refractivity contribution in [2.45, 2.75) is 105 Å². The van der Waals surface area contributed by atoms with E-state index in [1.807, 2.05) is 48.7 Å². The molecule has 0 radical (unpaired) electrons. The van der Waals surface area contributed by atoms with E-state index in [4.69, 9.17) is 9.47 Å². The van der Waals surface area contributed by atoms with Gasteiger partial charge in [0.25, 0.3) is 0 Å². The molecule has 1 heterocycles. The standard InChI is InChI=1S/C28H31NO3.3C3H7.ClH.Sn/c1-21-12-17-25(26(20-21)32-27(30)29-18-8-5-9-19-29)28(2,3)22-13-15-24(16-14-22)31-23-10-6-4-7-11-23;3*1-3-2;;/h4-8,10-11,13-16,18-19,21,25-26H,12,17,20H2,1-3H3;3*3H,1-2H3;1H;/q+1;;;;;/p-1/t21-,25-,26-;;;;;/m1...../s1. The summed E-state index contributed by atoms with van der Waals surface area (Å²) in [5.74, 6) is 2.40. The number of pyridine rings is 1. The van der Waals surface area contributed by atoms with Gasteiger partial charge < -0.3 is 17.1 Å². The Morgan fingerprint density at radius 1 is 0.837 bits per heavy atom. The third-order valence-corrected chi connectivity index (χ3v) is 30.2. The molecule has 0 saturated heterocycles. The second-order valence-corrected chi connectivity index (χ2v) is 30.9. The molecule has 4 rings (SSSR count). The number of rotatable bonds is 9. The zero-order chi connectivity index (χ0) is 30.7. The zero-order valence-corrected chi connectivity index (χ0v) is 31.3. The Morgan fingerprint density at radius 3 is 2.00 bits per heavy atom. The van der Waals surface area contributed by atoms with E-state index in [1.54, 1.807) is 4.57 Å². The number of hydrogen-bond acceptors (Lipinski definition) is 3. The Hall–Kier alpha value is -2.05. The molecule has 0 amide bonds. The van der Waals surface area contributed by atoms with E-state index in [1.165, 1.54) is 9.14 Å². The van der Waals surface area contributed by atoms with Crippen LogP contribution in [-0.4, -0.2) is 30.6 Å². The predicted octanol–water partition coefficient (Wildman–Crippen LogP) is 6.42. The molecule has 1 saturated carbocycles. The molecular formula is C37H52ClNO3Sn. The minimum Gasteiger partial charge on any atom is -1.00 e. The summed E-state index contributed by atoms with van der Waals surface area (Å²) < 4.78 is 17.5. The molecular weight excluding hydrogens is 661 g/mol. The maximum Gasteiger partial charge on any atom is -1.00 e. The quantitative estimate of drug-likeness (QED) is 0.190. The summed E-state index contributed by atoms with van der Waals surface area (Å²) in [4.78, 5) is 13.8. The molecule has 43 heavy (non-hydrogen) atoms. The van der Waals surface area contributed by atoms with E-state index in [-0.39, 0.29) is 35.9 Å². The Morgan fingerprint density at radius 2 is 1.42 bits per heavy atom. The molecule has 1 aliphatic carbocycles. The van der Waals surface area contributed by atoms with E-state index in [9.17, 15) is 4.79 Å². The number of carbonyl (C=O) groups is 1. The zero-order valence-electron chi connectivity index (χ0n) is 27.6. The van der Waals surface area contributed by atoms with Crippen LogP contribution in [0.4, 0.5) is 4.79 Å². The van der Waals surface area contributed by atoms with Crippen LogP contribution in [0.25, 0.3) is 0 Å². The topological polar surface area (TPSA) is 39.4 Å². The number of halogens is 1. The smallest absolute Gasteiger partial charge is 1.00 e. The molecule has 0 aliphatic heterocycles. The first-order chi connectivity index (χ1) is 19.9. The van der Waals surface area contributed by atoms with Crippen LogP contribution >= 0.6 is 0 Å². The summed E-state index contributed by atoms with van der Waals surface area (Å²) in [6, 6.07) is 22.6. The maximum atomic E-state index is 13.8. The number of para-hydroxylation sites is 1. The van der Waals surface area contributed by atoms with Crippen molar-refractivity contribution in [3.05, 3.63) is 84.7 Å².